The molecule has 2 atom stereocenters. The summed E-state index contributed by atoms with van der Waals surface area (Å²) in [6, 6.07) is 9.03. The van der Waals surface area contributed by atoms with Crippen LogP contribution in [0.5, 0.6) is 0 Å². The highest BCUT2D eigenvalue weighted by Gasteiger charge is 2.32. The van der Waals surface area contributed by atoms with Gasteiger partial charge in [-0.05, 0) is 63.8 Å². The van der Waals surface area contributed by atoms with Gasteiger partial charge in [0.25, 0.3) is 12.3 Å². The van der Waals surface area contributed by atoms with Gasteiger partial charge in [-0.25, -0.2) is 22.7 Å². The van der Waals surface area contributed by atoms with Crippen LogP contribution >= 0.6 is 0 Å². The number of aliphatic imine (C=N–C) groups is 1. The number of azo groups is 1. The number of amides is 1. The Kier molecular flexibility index (Phi) is 8.22. The number of nitrogens with zero attached hydrogens (tertiary/aromatic N) is 7. The molecule has 3 N–H and O–H groups in total. The van der Waals surface area contributed by atoms with Gasteiger partial charge in [0.1, 0.15) is 12.2 Å². The molecule has 42 heavy (non-hydrogen) atoms. The monoisotopic (exact) mass is 581 g/mol. The minimum Gasteiger partial charge on any atom is -0.387 e. The topological polar surface area (TPSA) is 152 Å². The molecule has 3 aromatic rings. The fourth-order valence-corrected chi connectivity index (χ4v) is 4.99. The molecule has 1 unspecified atom stereocenters. The molecule has 0 saturated heterocycles. The molecule has 4 heterocycles. The SMILES string of the molecule is CC(C)(O)[C@H](F)CNC(=O)c1cnc(-c2ccc3cc(C#N)cnn23)cc1NC1CCC(C2=NC(C(F)F)N=N2)CC1. The Bertz CT molecular complexity index is 1570. The first-order valence-corrected chi connectivity index (χ1v) is 13.6. The van der Waals surface area contributed by atoms with Crippen LogP contribution in [0.3, 0.4) is 0 Å². The minimum atomic E-state index is -2.69. The van der Waals surface area contributed by atoms with Crippen LogP contribution in [0.15, 0.2) is 51.9 Å². The van der Waals surface area contributed by atoms with Crippen LogP contribution in [-0.4, -0.2) is 68.4 Å². The number of pyridine rings is 1. The van der Waals surface area contributed by atoms with Crippen LogP contribution < -0.4 is 10.6 Å². The molecule has 1 fully saturated rings. The second-order valence-electron chi connectivity index (χ2n) is 11.0. The third-order valence-corrected chi connectivity index (χ3v) is 7.47. The van der Waals surface area contributed by atoms with Gasteiger partial charge in [-0.1, -0.05) is 0 Å². The number of rotatable bonds is 9. The lowest BCUT2D eigenvalue weighted by molar-refractivity contribution is -0.00177. The lowest BCUT2D eigenvalue weighted by atomic mass is 9.85. The highest BCUT2D eigenvalue weighted by molar-refractivity contribution is 6.00. The van der Waals surface area contributed by atoms with Gasteiger partial charge < -0.3 is 15.7 Å². The second-order valence-corrected chi connectivity index (χ2v) is 11.0. The van der Waals surface area contributed by atoms with E-state index in [9.17, 15) is 28.3 Å². The van der Waals surface area contributed by atoms with Gasteiger partial charge in [-0.3, -0.25) is 9.78 Å². The van der Waals surface area contributed by atoms with E-state index in [1.807, 2.05) is 0 Å². The summed E-state index contributed by atoms with van der Waals surface area (Å²) in [5.41, 5.74) is 1.30. The number of anilines is 1. The van der Waals surface area contributed by atoms with Gasteiger partial charge in [0.05, 0.1) is 52.1 Å². The largest absolute Gasteiger partial charge is 0.387 e. The Morgan fingerprint density at radius 2 is 1.95 bits per heavy atom. The molecule has 5 rings (SSSR count). The van der Waals surface area contributed by atoms with Crippen molar-refractivity contribution in [3.63, 3.8) is 0 Å². The van der Waals surface area contributed by atoms with E-state index in [1.54, 1.807) is 28.8 Å². The number of hydrogen-bond donors (Lipinski definition) is 3. The first-order chi connectivity index (χ1) is 20.0. The molecule has 2 aliphatic rings. The number of nitriles is 1. The van der Waals surface area contributed by atoms with E-state index >= 15 is 0 Å². The Morgan fingerprint density at radius 1 is 1.19 bits per heavy atom. The Balaban J connectivity index is 1.38. The van der Waals surface area contributed by atoms with E-state index in [0.29, 0.717) is 59.7 Å². The Morgan fingerprint density at radius 3 is 2.62 bits per heavy atom. The van der Waals surface area contributed by atoms with Crippen LogP contribution in [0.1, 0.15) is 55.5 Å². The van der Waals surface area contributed by atoms with Crippen molar-refractivity contribution in [2.75, 3.05) is 11.9 Å². The van der Waals surface area contributed by atoms with Crippen molar-refractivity contribution in [1.82, 2.24) is 19.9 Å². The fourth-order valence-electron chi connectivity index (χ4n) is 4.99. The van der Waals surface area contributed by atoms with Gasteiger partial charge in [-0.15, -0.1) is 5.11 Å². The first-order valence-electron chi connectivity index (χ1n) is 13.6. The molecular weight excluding hydrogens is 551 g/mol. The predicted octanol–water partition coefficient (Wildman–Crippen LogP) is 4.53. The zero-order valence-corrected chi connectivity index (χ0v) is 23.0. The Labute approximate surface area is 239 Å². The number of hydrogen-bond acceptors (Lipinski definition) is 9. The molecular formula is C28H30F3N9O2. The molecule has 1 amide bonds. The summed E-state index contributed by atoms with van der Waals surface area (Å²) in [5.74, 6) is -0.288. The highest BCUT2D eigenvalue weighted by atomic mass is 19.3. The predicted molar refractivity (Wildman–Crippen MR) is 148 cm³/mol. The molecule has 0 radical (unpaired) electrons. The van der Waals surface area contributed by atoms with Crippen LogP contribution in [-0.2, 0) is 0 Å². The van der Waals surface area contributed by atoms with E-state index < -0.39 is 30.3 Å². The molecule has 14 heteroatoms. The number of carbonyl (C=O) groups excluding carboxylic acids is 1. The summed E-state index contributed by atoms with van der Waals surface area (Å²) in [4.78, 5) is 21.6. The van der Waals surface area contributed by atoms with Crippen LogP contribution in [0.25, 0.3) is 16.9 Å². The van der Waals surface area contributed by atoms with Crippen LogP contribution in [0.2, 0.25) is 0 Å². The average molecular weight is 582 g/mol. The third-order valence-electron chi connectivity index (χ3n) is 7.47. The molecule has 0 spiro atoms. The number of amidine groups is 1. The zero-order chi connectivity index (χ0) is 30.0. The van der Waals surface area contributed by atoms with Crippen molar-refractivity contribution < 1.29 is 23.1 Å². The summed E-state index contributed by atoms with van der Waals surface area (Å²) < 4.78 is 41.9. The van der Waals surface area contributed by atoms with Crippen molar-refractivity contribution in [2.45, 2.75) is 69.9 Å². The third kappa shape index (κ3) is 6.25. The minimum absolute atomic E-state index is 0.0569. The standard InChI is InChI=1S/C28H30F3N9O2/c1-28(2,42)23(29)14-34-27(41)19-13-33-21(22-8-7-18-9-15(11-32)12-35-40(18)22)10-20(19)36-17-5-3-16(4-6-17)25-37-26(24(30)31)39-38-25/h7-10,12-13,16-17,23-24,26,42H,3-6,14H2,1-2H3,(H,33,36)(H,34,41)/t16?,17?,23-,26?/m1/s1. The summed E-state index contributed by atoms with van der Waals surface area (Å²) in [7, 11) is 0. The number of aromatic nitrogens is 3. The summed E-state index contributed by atoms with van der Waals surface area (Å²) in [6.45, 7) is 2.26. The highest BCUT2D eigenvalue weighted by Crippen LogP contribution is 2.32. The lowest BCUT2D eigenvalue weighted by Crippen LogP contribution is -2.42. The molecule has 11 nitrogen and oxygen atoms in total. The van der Waals surface area contributed by atoms with E-state index in [2.05, 4.69) is 42.0 Å². The van der Waals surface area contributed by atoms with E-state index in [4.69, 9.17) is 0 Å². The van der Waals surface area contributed by atoms with Crippen molar-refractivity contribution in [2.24, 2.45) is 21.1 Å². The molecule has 1 aliphatic heterocycles. The fraction of sp³-hybridized carbons (Fsp3) is 0.464. The number of aliphatic hydroxyl groups is 1. The molecule has 3 aromatic heterocycles. The van der Waals surface area contributed by atoms with Gasteiger partial charge in [0.15, 0.2) is 5.84 Å². The van der Waals surface area contributed by atoms with Crippen LogP contribution in [0.4, 0.5) is 18.9 Å². The molecule has 1 saturated carbocycles. The smallest absolute Gasteiger partial charge is 0.282 e. The summed E-state index contributed by atoms with van der Waals surface area (Å²) >= 11 is 0. The summed E-state index contributed by atoms with van der Waals surface area (Å²) in [5, 5.41) is 36.8. The molecule has 0 bridgehead atoms. The van der Waals surface area contributed by atoms with E-state index in [0.717, 1.165) is 0 Å². The van der Waals surface area contributed by atoms with Crippen molar-refractivity contribution in [3.05, 3.63) is 47.8 Å². The normalized spacial score (nSPS) is 21.3. The Hall–Kier alpha value is -4.38. The maximum atomic E-state index is 14.4. The molecule has 0 aromatic carbocycles. The molecule has 220 valence electrons. The maximum Gasteiger partial charge on any atom is 0.282 e. The van der Waals surface area contributed by atoms with Crippen molar-refractivity contribution in [3.8, 4) is 17.5 Å². The van der Waals surface area contributed by atoms with Crippen LogP contribution in [0, 0.1) is 17.2 Å². The number of alkyl halides is 3. The lowest BCUT2D eigenvalue weighted by Gasteiger charge is -2.29. The van der Waals surface area contributed by atoms with Gasteiger partial charge in [0.2, 0.25) is 6.17 Å². The van der Waals surface area contributed by atoms with Gasteiger partial charge in [-0.2, -0.15) is 15.5 Å². The van der Waals surface area contributed by atoms with Crippen molar-refractivity contribution >= 4 is 22.9 Å². The second kappa shape index (κ2) is 11.8. The maximum absolute atomic E-state index is 14.4. The van der Waals surface area contributed by atoms with Crippen molar-refractivity contribution in [1.29, 1.82) is 5.26 Å². The number of halogens is 3. The number of nitrogens with one attached hydrogen (secondary N) is 2. The average Bonchev–Trinajstić information content (AvgIpc) is 3.63. The van der Waals surface area contributed by atoms with E-state index in [-0.39, 0.29) is 24.1 Å². The van der Waals surface area contributed by atoms with Gasteiger partial charge in [0, 0.05) is 18.2 Å². The quantitative estimate of drug-likeness (QED) is 0.338. The molecule has 1 aliphatic carbocycles. The van der Waals surface area contributed by atoms with E-state index in [1.165, 1.54) is 26.2 Å². The van der Waals surface area contributed by atoms with Gasteiger partial charge >= 0.3 is 0 Å². The number of carbonyl (C=O) groups is 1. The zero-order valence-electron chi connectivity index (χ0n) is 23.0. The summed E-state index contributed by atoms with van der Waals surface area (Å²) in [6.07, 6.45) is -0.337. The first kappa shape index (κ1) is 29.1. The number of fused-ring (bicyclic) bond motifs is 1.